The lowest BCUT2D eigenvalue weighted by Gasteiger charge is -2.25. The van der Waals surface area contributed by atoms with Gasteiger partial charge < -0.3 is 15.3 Å². The highest BCUT2D eigenvalue weighted by Gasteiger charge is 2.45. The maximum absolute atomic E-state index is 11.8. The van der Waals surface area contributed by atoms with Gasteiger partial charge in [-0.3, -0.25) is 9.59 Å². The van der Waals surface area contributed by atoms with Crippen molar-refractivity contribution in [1.29, 1.82) is 0 Å². The standard InChI is InChI=1S/C23H44O4.C4H6O2/c1-3-5-7-9-11-13-15-17-19-23(21(24)25,22(26)27)20-18-16-14-12-10-8-6-4-2;1-3(2)4(5)6/h3-20H2,1-2H3,(H,24,25)(H,26,27);1H2,2H3,(H,5,6). The van der Waals surface area contributed by atoms with Crippen LogP contribution in [0, 0.1) is 5.41 Å². The zero-order chi connectivity index (χ0) is 25.5. The Bertz CT molecular complexity index is 493. The third-order valence-corrected chi connectivity index (χ3v) is 6.10. The van der Waals surface area contributed by atoms with Gasteiger partial charge in [-0.25, -0.2) is 4.79 Å². The first kappa shape index (κ1) is 33.3. The summed E-state index contributed by atoms with van der Waals surface area (Å²) in [5.41, 5.74) is -1.40. The van der Waals surface area contributed by atoms with Crippen molar-refractivity contribution in [2.24, 2.45) is 5.41 Å². The summed E-state index contributed by atoms with van der Waals surface area (Å²) in [6, 6.07) is 0. The molecule has 0 heterocycles. The van der Waals surface area contributed by atoms with E-state index in [-0.39, 0.29) is 18.4 Å². The molecule has 0 aliphatic rings. The summed E-state index contributed by atoms with van der Waals surface area (Å²) >= 11 is 0. The predicted molar refractivity (Wildman–Crippen MR) is 135 cm³/mol. The number of carboxylic acid groups (broad SMARTS) is 3. The average molecular weight is 471 g/mol. The third kappa shape index (κ3) is 18.3. The first-order chi connectivity index (χ1) is 15.7. The fourth-order valence-corrected chi connectivity index (χ4v) is 3.77. The molecule has 0 fully saturated rings. The third-order valence-electron chi connectivity index (χ3n) is 6.10. The van der Waals surface area contributed by atoms with Gasteiger partial charge in [-0.1, -0.05) is 123 Å². The topological polar surface area (TPSA) is 112 Å². The quantitative estimate of drug-likeness (QED) is 0.0894. The molecule has 0 radical (unpaired) electrons. The van der Waals surface area contributed by atoms with Gasteiger partial charge in [0.05, 0.1) is 0 Å². The minimum atomic E-state index is -1.58. The Morgan fingerprint density at radius 1 is 0.576 bits per heavy atom. The SMILES string of the molecule is C=C(C)C(=O)O.CCCCCCCCCCC(CCCCCCCCCC)(C(=O)O)C(=O)O. The van der Waals surface area contributed by atoms with Crippen LogP contribution in [-0.4, -0.2) is 33.2 Å². The molecule has 33 heavy (non-hydrogen) atoms. The molecule has 0 aliphatic carbocycles. The molecule has 0 saturated heterocycles. The van der Waals surface area contributed by atoms with Crippen molar-refractivity contribution in [2.45, 2.75) is 136 Å². The minimum Gasteiger partial charge on any atom is -0.480 e. The summed E-state index contributed by atoms with van der Waals surface area (Å²) < 4.78 is 0. The van der Waals surface area contributed by atoms with Crippen LogP contribution >= 0.6 is 0 Å². The number of rotatable bonds is 21. The van der Waals surface area contributed by atoms with Crippen LogP contribution in [-0.2, 0) is 14.4 Å². The highest BCUT2D eigenvalue weighted by atomic mass is 16.4. The van der Waals surface area contributed by atoms with E-state index in [1.54, 1.807) is 0 Å². The van der Waals surface area contributed by atoms with Crippen LogP contribution in [0.25, 0.3) is 0 Å². The predicted octanol–water partition coefficient (Wildman–Crippen LogP) is 7.85. The number of carbonyl (C=O) groups is 3. The molecule has 6 heteroatoms. The summed E-state index contributed by atoms with van der Waals surface area (Å²) in [5.74, 6) is -3.24. The second kappa shape index (κ2) is 22.0. The molecule has 0 saturated carbocycles. The number of aliphatic carboxylic acids is 3. The zero-order valence-corrected chi connectivity index (χ0v) is 21.5. The molecule has 0 atom stereocenters. The van der Waals surface area contributed by atoms with Crippen LogP contribution in [0.1, 0.15) is 136 Å². The van der Waals surface area contributed by atoms with E-state index in [0.717, 1.165) is 25.7 Å². The van der Waals surface area contributed by atoms with E-state index in [9.17, 15) is 24.6 Å². The van der Waals surface area contributed by atoms with Crippen molar-refractivity contribution in [3.63, 3.8) is 0 Å². The molecule has 0 aromatic heterocycles. The molecule has 0 unspecified atom stereocenters. The highest BCUT2D eigenvalue weighted by Crippen LogP contribution is 2.33. The maximum Gasteiger partial charge on any atom is 0.330 e. The molecule has 0 bridgehead atoms. The van der Waals surface area contributed by atoms with Crippen molar-refractivity contribution >= 4 is 17.9 Å². The van der Waals surface area contributed by atoms with Crippen molar-refractivity contribution in [1.82, 2.24) is 0 Å². The Hall–Kier alpha value is -1.85. The van der Waals surface area contributed by atoms with E-state index in [2.05, 4.69) is 20.4 Å². The Balaban J connectivity index is 0. The first-order valence-corrected chi connectivity index (χ1v) is 13.0. The fraction of sp³-hybridized carbons (Fsp3) is 0.815. The smallest absolute Gasteiger partial charge is 0.330 e. The van der Waals surface area contributed by atoms with E-state index < -0.39 is 23.3 Å². The average Bonchev–Trinajstić information content (AvgIpc) is 2.75. The summed E-state index contributed by atoms with van der Waals surface area (Å²) in [6.07, 6.45) is 18.3. The Kier molecular flexibility index (Phi) is 22.2. The van der Waals surface area contributed by atoms with Crippen LogP contribution in [0.2, 0.25) is 0 Å². The molecular weight excluding hydrogens is 420 g/mol. The summed E-state index contributed by atoms with van der Waals surface area (Å²) in [6.45, 7) is 9.00. The molecule has 0 aliphatic heterocycles. The minimum absolute atomic E-state index is 0.176. The van der Waals surface area contributed by atoms with Crippen LogP contribution < -0.4 is 0 Å². The van der Waals surface area contributed by atoms with E-state index in [1.807, 2.05) is 0 Å². The maximum atomic E-state index is 11.8. The van der Waals surface area contributed by atoms with Crippen LogP contribution in [0.5, 0.6) is 0 Å². The lowest BCUT2D eigenvalue weighted by molar-refractivity contribution is -0.166. The van der Waals surface area contributed by atoms with Crippen molar-refractivity contribution < 1.29 is 29.7 Å². The van der Waals surface area contributed by atoms with Crippen molar-refractivity contribution in [2.75, 3.05) is 0 Å². The van der Waals surface area contributed by atoms with Crippen LogP contribution in [0.15, 0.2) is 12.2 Å². The van der Waals surface area contributed by atoms with Gasteiger partial charge >= 0.3 is 17.9 Å². The Morgan fingerprint density at radius 3 is 1.03 bits per heavy atom. The zero-order valence-electron chi connectivity index (χ0n) is 21.5. The Labute approximate surface area is 201 Å². The van der Waals surface area contributed by atoms with Gasteiger partial charge in [0.1, 0.15) is 0 Å². The number of hydrogen-bond donors (Lipinski definition) is 3. The number of hydrogen-bond acceptors (Lipinski definition) is 3. The molecule has 0 rings (SSSR count). The number of carboxylic acids is 3. The highest BCUT2D eigenvalue weighted by molar-refractivity contribution is 5.98. The van der Waals surface area contributed by atoms with Gasteiger partial charge in [-0.2, -0.15) is 0 Å². The van der Waals surface area contributed by atoms with Crippen LogP contribution in [0.3, 0.4) is 0 Å². The lowest BCUT2D eigenvalue weighted by atomic mass is 9.78. The summed E-state index contributed by atoms with van der Waals surface area (Å²) in [4.78, 5) is 33.1. The van der Waals surface area contributed by atoms with Gasteiger partial charge in [-0.05, 0) is 19.8 Å². The molecule has 3 N–H and O–H groups in total. The molecule has 6 nitrogen and oxygen atoms in total. The van der Waals surface area contributed by atoms with E-state index in [1.165, 1.54) is 71.1 Å². The summed E-state index contributed by atoms with van der Waals surface area (Å²) in [5, 5.41) is 27.1. The van der Waals surface area contributed by atoms with Crippen molar-refractivity contribution in [3.8, 4) is 0 Å². The number of unbranched alkanes of at least 4 members (excludes halogenated alkanes) is 14. The Morgan fingerprint density at radius 2 is 0.818 bits per heavy atom. The monoisotopic (exact) mass is 470 g/mol. The fourth-order valence-electron chi connectivity index (χ4n) is 3.77. The molecule has 0 amide bonds. The van der Waals surface area contributed by atoms with Crippen LogP contribution in [0.4, 0.5) is 0 Å². The van der Waals surface area contributed by atoms with E-state index >= 15 is 0 Å². The summed E-state index contributed by atoms with van der Waals surface area (Å²) in [7, 11) is 0. The van der Waals surface area contributed by atoms with E-state index in [4.69, 9.17) is 5.11 Å². The van der Waals surface area contributed by atoms with Gasteiger partial charge in [0.25, 0.3) is 0 Å². The second-order valence-corrected chi connectivity index (χ2v) is 9.23. The van der Waals surface area contributed by atoms with Gasteiger partial charge in [0.15, 0.2) is 5.41 Å². The van der Waals surface area contributed by atoms with Gasteiger partial charge in [-0.15, -0.1) is 0 Å². The largest absolute Gasteiger partial charge is 0.480 e. The van der Waals surface area contributed by atoms with Gasteiger partial charge in [0, 0.05) is 5.57 Å². The molecule has 0 aromatic carbocycles. The molecular formula is C27H50O6. The normalized spacial score (nSPS) is 10.9. The molecule has 194 valence electrons. The molecule has 0 spiro atoms. The van der Waals surface area contributed by atoms with Gasteiger partial charge in [0.2, 0.25) is 0 Å². The van der Waals surface area contributed by atoms with Crippen molar-refractivity contribution in [3.05, 3.63) is 12.2 Å². The lowest BCUT2D eigenvalue weighted by Crippen LogP contribution is -2.39. The van der Waals surface area contributed by atoms with E-state index in [0.29, 0.717) is 12.8 Å². The first-order valence-electron chi connectivity index (χ1n) is 13.0. The second-order valence-electron chi connectivity index (χ2n) is 9.23. The molecule has 0 aromatic rings.